The molecule has 126 valence electrons. The second-order valence-corrected chi connectivity index (χ2v) is 5.85. The van der Waals surface area contributed by atoms with Crippen molar-refractivity contribution in [2.24, 2.45) is 0 Å². The zero-order valence-electron chi connectivity index (χ0n) is 12.7. The van der Waals surface area contributed by atoms with Gasteiger partial charge in [0, 0.05) is 30.6 Å². The van der Waals surface area contributed by atoms with Gasteiger partial charge in [0.2, 0.25) is 11.8 Å². The summed E-state index contributed by atoms with van der Waals surface area (Å²) in [7, 11) is 0. The van der Waals surface area contributed by atoms with Crippen LogP contribution in [0.4, 0.5) is 0 Å². The molecular formula is C16H16N2O6. The summed E-state index contributed by atoms with van der Waals surface area (Å²) in [5, 5.41) is 24.6. The highest BCUT2D eigenvalue weighted by atomic mass is 16.3. The summed E-state index contributed by atoms with van der Waals surface area (Å²) < 4.78 is 0. The normalized spacial score (nSPS) is 24.6. The SMILES string of the molecule is O=C1CC(O)C(=O)NCc2ccc3c(c2C(=O)C(O)CC3=O)CN1. The Morgan fingerprint density at radius 2 is 1.67 bits per heavy atom. The van der Waals surface area contributed by atoms with Gasteiger partial charge in [-0.05, 0) is 11.1 Å². The van der Waals surface area contributed by atoms with Gasteiger partial charge in [0.05, 0.1) is 6.42 Å². The lowest BCUT2D eigenvalue weighted by atomic mass is 9.93. The molecule has 0 spiro atoms. The van der Waals surface area contributed by atoms with Crippen LogP contribution in [0.5, 0.6) is 0 Å². The van der Waals surface area contributed by atoms with Crippen LogP contribution in [0.25, 0.3) is 0 Å². The second-order valence-electron chi connectivity index (χ2n) is 5.85. The standard InChI is InChI=1S/C16H16N2O6/c19-10-3-11(20)15(23)14-7-1-2-8(10)9(14)6-17-13(22)4-12(21)16(24)18-5-7/h1-2,11-12,20-21H,3-6H2,(H,17,22)(H,18,24). The zero-order valence-corrected chi connectivity index (χ0v) is 12.7. The lowest BCUT2D eigenvalue weighted by Gasteiger charge is -2.15. The topological polar surface area (TPSA) is 133 Å². The van der Waals surface area contributed by atoms with Gasteiger partial charge in [-0.15, -0.1) is 0 Å². The van der Waals surface area contributed by atoms with Crippen LogP contribution < -0.4 is 10.6 Å². The molecule has 8 nitrogen and oxygen atoms in total. The van der Waals surface area contributed by atoms with E-state index >= 15 is 0 Å². The summed E-state index contributed by atoms with van der Waals surface area (Å²) in [6.07, 6.45) is -3.70. The molecule has 3 rings (SSSR count). The van der Waals surface area contributed by atoms with E-state index in [1.807, 2.05) is 0 Å². The molecule has 2 atom stereocenters. The van der Waals surface area contributed by atoms with Crippen LogP contribution in [-0.2, 0) is 22.7 Å². The molecule has 4 N–H and O–H groups in total. The first-order valence-electron chi connectivity index (χ1n) is 7.51. The van der Waals surface area contributed by atoms with Crippen LogP contribution >= 0.6 is 0 Å². The molecule has 4 bridgehead atoms. The molecule has 1 aromatic carbocycles. The highest BCUT2D eigenvalue weighted by molar-refractivity contribution is 6.11. The van der Waals surface area contributed by atoms with Crippen molar-refractivity contribution in [1.29, 1.82) is 0 Å². The zero-order chi connectivity index (χ0) is 17.4. The summed E-state index contributed by atoms with van der Waals surface area (Å²) in [6.45, 7) is -0.151. The summed E-state index contributed by atoms with van der Waals surface area (Å²) in [5.74, 6) is -2.32. The summed E-state index contributed by atoms with van der Waals surface area (Å²) >= 11 is 0. The van der Waals surface area contributed by atoms with Crippen LogP contribution in [0.2, 0.25) is 0 Å². The van der Waals surface area contributed by atoms with E-state index in [4.69, 9.17) is 0 Å². The molecule has 1 aliphatic heterocycles. The van der Waals surface area contributed by atoms with Gasteiger partial charge in [0.15, 0.2) is 11.6 Å². The Balaban J connectivity index is 2.14. The number of carbonyl (C=O) groups is 4. The molecule has 2 amide bonds. The van der Waals surface area contributed by atoms with E-state index in [0.717, 1.165) is 0 Å². The Morgan fingerprint density at radius 1 is 0.917 bits per heavy atom. The fraction of sp³-hybridized carbons (Fsp3) is 0.375. The van der Waals surface area contributed by atoms with E-state index in [1.165, 1.54) is 12.1 Å². The molecule has 1 aliphatic carbocycles. The van der Waals surface area contributed by atoms with Crippen LogP contribution in [0.1, 0.15) is 44.7 Å². The molecule has 1 heterocycles. The fourth-order valence-electron chi connectivity index (χ4n) is 2.97. The highest BCUT2D eigenvalue weighted by Crippen LogP contribution is 2.27. The van der Waals surface area contributed by atoms with Crippen molar-refractivity contribution in [3.63, 3.8) is 0 Å². The third-order valence-corrected chi connectivity index (χ3v) is 4.22. The summed E-state index contributed by atoms with van der Waals surface area (Å²) in [4.78, 5) is 48.3. The van der Waals surface area contributed by atoms with Crippen LogP contribution in [-0.4, -0.2) is 45.8 Å². The number of amides is 2. The van der Waals surface area contributed by atoms with Crippen molar-refractivity contribution < 1.29 is 29.4 Å². The summed E-state index contributed by atoms with van der Waals surface area (Å²) in [5.41, 5.74) is 1.16. The largest absolute Gasteiger partial charge is 0.384 e. The molecule has 0 aromatic heterocycles. The molecule has 24 heavy (non-hydrogen) atoms. The first kappa shape index (κ1) is 16.3. The first-order chi connectivity index (χ1) is 11.4. The monoisotopic (exact) mass is 332 g/mol. The number of aliphatic hydroxyl groups excluding tert-OH is 2. The maximum atomic E-state index is 12.5. The third-order valence-electron chi connectivity index (χ3n) is 4.22. The first-order valence-corrected chi connectivity index (χ1v) is 7.51. The van der Waals surface area contributed by atoms with E-state index in [-0.39, 0.29) is 36.4 Å². The molecule has 0 fully saturated rings. The average molecular weight is 332 g/mol. The number of Topliss-reactive ketones (excluding diaryl/α,β-unsaturated/α-hetero) is 2. The Kier molecular flexibility index (Phi) is 4.16. The number of aliphatic hydroxyl groups is 2. The minimum absolute atomic E-state index is 0.0562. The van der Waals surface area contributed by atoms with Gasteiger partial charge in [0.25, 0.3) is 0 Å². The number of hydrogen-bond donors (Lipinski definition) is 4. The molecule has 1 aromatic rings. The van der Waals surface area contributed by atoms with E-state index in [1.54, 1.807) is 0 Å². The number of rotatable bonds is 0. The van der Waals surface area contributed by atoms with Gasteiger partial charge in [0.1, 0.15) is 12.2 Å². The van der Waals surface area contributed by atoms with Crippen molar-refractivity contribution in [3.05, 3.63) is 34.4 Å². The van der Waals surface area contributed by atoms with E-state index in [9.17, 15) is 29.4 Å². The maximum Gasteiger partial charge on any atom is 0.249 e. The number of nitrogens with one attached hydrogen (secondary N) is 2. The highest BCUT2D eigenvalue weighted by Gasteiger charge is 2.33. The minimum atomic E-state index is -1.50. The average Bonchev–Trinajstić information content (AvgIpc) is 2.60. The van der Waals surface area contributed by atoms with E-state index in [0.29, 0.717) is 11.1 Å². The second kappa shape index (κ2) is 6.14. The number of carbonyl (C=O) groups excluding carboxylic acids is 4. The molecule has 8 heteroatoms. The molecule has 2 unspecified atom stereocenters. The Labute approximate surface area is 136 Å². The minimum Gasteiger partial charge on any atom is -0.384 e. The van der Waals surface area contributed by atoms with E-state index in [2.05, 4.69) is 10.6 Å². The molecule has 0 saturated heterocycles. The Hall–Kier alpha value is -2.58. The van der Waals surface area contributed by atoms with Crippen molar-refractivity contribution in [2.75, 3.05) is 0 Å². The lowest BCUT2D eigenvalue weighted by molar-refractivity contribution is -0.134. The van der Waals surface area contributed by atoms with Crippen molar-refractivity contribution in [1.82, 2.24) is 10.6 Å². The van der Waals surface area contributed by atoms with E-state index < -0.39 is 36.2 Å². The fourth-order valence-corrected chi connectivity index (χ4v) is 2.97. The Bertz CT molecular complexity index is 757. The van der Waals surface area contributed by atoms with Crippen LogP contribution in [0, 0.1) is 0 Å². The van der Waals surface area contributed by atoms with Crippen LogP contribution in [0.15, 0.2) is 12.1 Å². The van der Waals surface area contributed by atoms with Gasteiger partial charge in [-0.25, -0.2) is 0 Å². The number of benzene rings is 1. The van der Waals surface area contributed by atoms with Crippen molar-refractivity contribution in [2.45, 2.75) is 38.1 Å². The van der Waals surface area contributed by atoms with Crippen molar-refractivity contribution >= 4 is 23.4 Å². The number of ketones is 2. The Morgan fingerprint density at radius 3 is 2.42 bits per heavy atom. The predicted octanol–water partition coefficient (Wildman–Crippen LogP) is -1.19. The molecule has 2 aliphatic rings. The third kappa shape index (κ3) is 2.81. The maximum absolute atomic E-state index is 12.5. The van der Waals surface area contributed by atoms with Gasteiger partial charge < -0.3 is 20.8 Å². The van der Waals surface area contributed by atoms with Gasteiger partial charge in [-0.1, -0.05) is 12.1 Å². The van der Waals surface area contributed by atoms with Gasteiger partial charge >= 0.3 is 0 Å². The number of hydrogen-bond acceptors (Lipinski definition) is 6. The molecule has 0 radical (unpaired) electrons. The lowest BCUT2D eigenvalue weighted by Crippen LogP contribution is -2.37. The molecular weight excluding hydrogens is 316 g/mol. The molecule has 0 saturated carbocycles. The van der Waals surface area contributed by atoms with Crippen molar-refractivity contribution in [3.8, 4) is 0 Å². The summed E-state index contributed by atoms with van der Waals surface area (Å²) in [6, 6.07) is 3.06. The van der Waals surface area contributed by atoms with Gasteiger partial charge in [-0.2, -0.15) is 0 Å². The smallest absolute Gasteiger partial charge is 0.249 e. The van der Waals surface area contributed by atoms with Gasteiger partial charge in [-0.3, -0.25) is 19.2 Å². The van der Waals surface area contributed by atoms with Crippen LogP contribution in [0.3, 0.4) is 0 Å². The predicted molar refractivity (Wildman–Crippen MR) is 80.0 cm³/mol. The quantitative estimate of drug-likeness (QED) is 0.472.